The molecule has 0 aliphatic heterocycles. The van der Waals surface area contributed by atoms with Gasteiger partial charge in [-0.1, -0.05) is 41.9 Å². The van der Waals surface area contributed by atoms with E-state index < -0.39 is 11.7 Å². The van der Waals surface area contributed by atoms with E-state index in [-0.39, 0.29) is 29.4 Å². The second kappa shape index (κ2) is 8.42. The summed E-state index contributed by atoms with van der Waals surface area (Å²) in [6, 6.07) is 15.8. The van der Waals surface area contributed by atoms with Gasteiger partial charge in [-0.05, 0) is 35.9 Å². The summed E-state index contributed by atoms with van der Waals surface area (Å²) in [6.07, 6.45) is 1.35. The predicted molar refractivity (Wildman–Crippen MR) is 101 cm³/mol. The van der Waals surface area contributed by atoms with Crippen LogP contribution in [-0.4, -0.2) is 16.8 Å². The number of benzene rings is 2. The molecular weight excluding hydrogens is 369 g/mol. The third-order valence-corrected chi connectivity index (χ3v) is 4.14. The molecule has 0 spiro atoms. The van der Waals surface area contributed by atoms with E-state index in [1.807, 2.05) is 12.1 Å². The van der Waals surface area contributed by atoms with Gasteiger partial charge in [-0.3, -0.25) is 14.6 Å². The molecule has 0 saturated heterocycles. The fourth-order valence-corrected chi connectivity index (χ4v) is 2.57. The minimum absolute atomic E-state index is 0.00338. The van der Waals surface area contributed by atoms with E-state index in [0.717, 1.165) is 5.56 Å². The lowest BCUT2D eigenvalue weighted by Crippen LogP contribution is -2.24. The smallest absolute Gasteiger partial charge is 0.274 e. The van der Waals surface area contributed by atoms with Gasteiger partial charge in [-0.25, -0.2) is 4.39 Å². The number of para-hydroxylation sites is 1. The molecule has 27 heavy (non-hydrogen) atoms. The van der Waals surface area contributed by atoms with Gasteiger partial charge in [-0.15, -0.1) is 0 Å². The van der Waals surface area contributed by atoms with E-state index in [1.54, 1.807) is 18.2 Å². The van der Waals surface area contributed by atoms with Gasteiger partial charge in [0.25, 0.3) is 11.8 Å². The lowest BCUT2D eigenvalue weighted by atomic mass is 10.2. The van der Waals surface area contributed by atoms with Crippen molar-refractivity contribution in [1.29, 1.82) is 0 Å². The second-order valence-electron chi connectivity index (χ2n) is 5.64. The van der Waals surface area contributed by atoms with Crippen LogP contribution < -0.4 is 10.6 Å². The number of nitrogens with one attached hydrogen (secondary N) is 2. The molecule has 2 amide bonds. The van der Waals surface area contributed by atoms with Crippen molar-refractivity contribution in [3.63, 3.8) is 0 Å². The van der Waals surface area contributed by atoms with Gasteiger partial charge in [0.05, 0.1) is 5.69 Å². The highest BCUT2D eigenvalue weighted by atomic mass is 35.5. The summed E-state index contributed by atoms with van der Waals surface area (Å²) in [7, 11) is 0. The van der Waals surface area contributed by atoms with Crippen molar-refractivity contribution >= 4 is 29.1 Å². The molecule has 0 atom stereocenters. The fourth-order valence-electron chi connectivity index (χ4n) is 2.36. The van der Waals surface area contributed by atoms with E-state index in [1.165, 1.54) is 36.5 Å². The van der Waals surface area contributed by atoms with Gasteiger partial charge in [0.2, 0.25) is 0 Å². The highest BCUT2D eigenvalue weighted by Gasteiger charge is 2.13. The highest BCUT2D eigenvalue weighted by molar-refractivity contribution is 6.31. The van der Waals surface area contributed by atoms with Gasteiger partial charge in [0, 0.05) is 23.3 Å². The number of hydrogen-bond donors (Lipinski definition) is 2. The summed E-state index contributed by atoms with van der Waals surface area (Å²) in [6.45, 7) is 0.248. The molecule has 0 unspecified atom stereocenters. The molecule has 7 heteroatoms. The zero-order chi connectivity index (χ0) is 19.2. The van der Waals surface area contributed by atoms with Gasteiger partial charge >= 0.3 is 0 Å². The number of hydrogen-bond acceptors (Lipinski definition) is 3. The first-order valence-corrected chi connectivity index (χ1v) is 8.46. The topological polar surface area (TPSA) is 71.1 Å². The van der Waals surface area contributed by atoms with Gasteiger partial charge < -0.3 is 10.6 Å². The molecule has 1 aromatic heterocycles. The molecule has 2 aromatic carbocycles. The van der Waals surface area contributed by atoms with E-state index in [2.05, 4.69) is 15.6 Å². The maximum atomic E-state index is 13.7. The Bertz CT molecular complexity index is 994. The summed E-state index contributed by atoms with van der Waals surface area (Å²) in [5.74, 6) is -1.54. The third-order valence-electron chi connectivity index (χ3n) is 3.77. The standard InChI is InChI=1S/C20H15ClFN3O2/c21-15-6-2-1-5-14(15)12-24-19(26)13-9-10-23-18(11-13)20(27)25-17-8-4-3-7-16(17)22/h1-11H,12H2,(H,24,26)(H,25,27). The summed E-state index contributed by atoms with van der Waals surface area (Å²) in [5.41, 5.74) is 1.08. The third kappa shape index (κ3) is 4.68. The first-order chi connectivity index (χ1) is 13.0. The Balaban J connectivity index is 1.69. The van der Waals surface area contributed by atoms with Crippen LogP contribution in [0.1, 0.15) is 26.4 Å². The zero-order valence-electron chi connectivity index (χ0n) is 14.1. The lowest BCUT2D eigenvalue weighted by molar-refractivity contribution is 0.0951. The minimum atomic E-state index is -0.610. The number of halogens is 2. The molecule has 5 nitrogen and oxygen atoms in total. The Hall–Kier alpha value is -3.25. The highest BCUT2D eigenvalue weighted by Crippen LogP contribution is 2.15. The molecule has 3 rings (SSSR count). The number of carbonyl (C=O) groups excluding carboxylic acids is 2. The Morgan fingerprint density at radius 3 is 2.52 bits per heavy atom. The van der Waals surface area contributed by atoms with E-state index >= 15 is 0 Å². The number of anilines is 1. The normalized spacial score (nSPS) is 10.3. The average Bonchev–Trinajstić information content (AvgIpc) is 2.69. The largest absolute Gasteiger partial charge is 0.348 e. The molecule has 0 aliphatic carbocycles. The first kappa shape index (κ1) is 18.5. The minimum Gasteiger partial charge on any atom is -0.348 e. The molecule has 3 aromatic rings. The maximum Gasteiger partial charge on any atom is 0.274 e. The van der Waals surface area contributed by atoms with Crippen molar-refractivity contribution in [2.75, 3.05) is 5.32 Å². The monoisotopic (exact) mass is 383 g/mol. The number of aromatic nitrogens is 1. The summed E-state index contributed by atoms with van der Waals surface area (Å²) >= 11 is 6.07. The van der Waals surface area contributed by atoms with Gasteiger partial charge in [-0.2, -0.15) is 0 Å². The lowest BCUT2D eigenvalue weighted by Gasteiger charge is -2.09. The van der Waals surface area contributed by atoms with Crippen LogP contribution in [0.3, 0.4) is 0 Å². The van der Waals surface area contributed by atoms with Crippen LogP contribution in [0, 0.1) is 5.82 Å². The van der Waals surface area contributed by atoms with Crippen molar-refractivity contribution in [3.05, 3.63) is 94.5 Å². The van der Waals surface area contributed by atoms with Crippen LogP contribution in [0.15, 0.2) is 66.9 Å². The zero-order valence-corrected chi connectivity index (χ0v) is 14.8. The van der Waals surface area contributed by atoms with Crippen molar-refractivity contribution < 1.29 is 14.0 Å². The summed E-state index contributed by atoms with van der Waals surface area (Å²) in [5, 5.41) is 5.72. The Morgan fingerprint density at radius 1 is 1.00 bits per heavy atom. The van der Waals surface area contributed by atoms with Crippen LogP contribution in [0.4, 0.5) is 10.1 Å². The second-order valence-corrected chi connectivity index (χ2v) is 6.05. The Morgan fingerprint density at radius 2 is 1.74 bits per heavy atom. The number of rotatable bonds is 5. The number of pyridine rings is 1. The van der Waals surface area contributed by atoms with Crippen LogP contribution in [-0.2, 0) is 6.54 Å². The molecular formula is C20H15ClFN3O2. The molecule has 136 valence electrons. The fraction of sp³-hybridized carbons (Fsp3) is 0.0500. The van der Waals surface area contributed by atoms with Crippen LogP contribution in [0.5, 0.6) is 0 Å². The van der Waals surface area contributed by atoms with Crippen LogP contribution >= 0.6 is 11.6 Å². The van der Waals surface area contributed by atoms with E-state index in [0.29, 0.717) is 5.02 Å². The van der Waals surface area contributed by atoms with Gasteiger partial charge in [0.1, 0.15) is 11.5 Å². The molecule has 0 radical (unpaired) electrons. The van der Waals surface area contributed by atoms with Crippen molar-refractivity contribution in [3.8, 4) is 0 Å². The van der Waals surface area contributed by atoms with E-state index in [9.17, 15) is 14.0 Å². The van der Waals surface area contributed by atoms with Crippen LogP contribution in [0.25, 0.3) is 0 Å². The number of carbonyl (C=O) groups is 2. The van der Waals surface area contributed by atoms with Crippen LogP contribution in [0.2, 0.25) is 5.02 Å². The predicted octanol–water partition coefficient (Wildman–Crippen LogP) is 4.06. The van der Waals surface area contributed by atoms with Crippen molar-refractivity contribution in [2.24, 2.45) is 0 Å². The molecule has 0 bridgehead atoms. The molecule has 2 N–H and O–H groups in total. The SMILES string of the molecule is O=C(NCc1ccccc1Cl)c1ccnc(C(=O)Nc2ccccc2F)c1. The summed E-state index contributed by atoms with van der Waals surface area (Å²) in [4.78, 5) is 28.6. The average molecular weight is 384 g/mol. The van der Waals surface area contributed by atoms with Crippen molar-refractivity contribution in [1.82, 2.24) is 10.3 Å². The Kier molecular flexibility index (Phi) is 5.78. The van der Waals surface area contributed by atoms with Crippen molar-refractivity contribution in [2.45, 2.75) is 6.54 Å². The Labute approximate surface area is 160 Å². The first-order valence-electron chi connectivity index (χ1n) is 8.08. The number of amides is 2. The summed E-state index contributed by atoms with van der Waals surface area (Å²) < 4.78 is 13.7. The van der Waals surface area contributed by atoms with Gasteiger partial charge in [0.15, 0.2) is 0 Å². The quantitative estimate of drug-likeness (QED) is 0.698. The van der Waals surface area contributed by atoms with E-state index in [4.69, 9.17) is 11.6 Å². The molecule has 0 saturated carbocycles. The molecule has 0 fully saturated rings. The maximum absolute atomic E-state index is 13.7. The molecule has 1 heterocycles. The molecule has 0 aliphatic rings. The number of nitrogens with zero attached hydrogens (tertiary/aromatic N) is 1.